The van der Waals surface area contributed by atoms with Crippen LogP contribution in [0, 0.1) is 0 Å². The summed E-state index contributed by atoms with van der Waals surface area (Å²) in [5.41, 5.74) is 3.53. The summed E-state index contributed by atoms with van der Waals surface area (Å²) in [5.74, 6) is -0.888. The highest BCUT2D eigenvalue weighted by Crippen LogP contribution is 2.41. The maximum Gasteiger partial charge on any atom is 0.259 e. The van der Waals surface area contributed by atoms with Crippen molar-refractivity contribution in [2.75, 3.05) is 4.90 Å². The zero-order valence-corrected chi connectivity index (χ0v) is 15.0. The highest BCUT2D eigenvalue weighted by molar-refractivity contribution is 6.27. The first-order chi connectivity index (χ1) is 13.6. The van der Waals surface area contributed by atoms with Gasteiger partial charge in [0, 0.05) is 29.8 Å². The molecule has 3 amide bonds. The molecule has 6 heteroatoms. The lowest BCUT2D eigenvalue weighted by atomic mass is 9.96. The molecule has 2 aliphatic heterocycles. The molecule has 138 valence electrons. The van der Waals surface area contributed by atoms with Crippen molar-refractivity contribution in [3.63, 3.8) is 0 Å². The molecule has 1 unspecified atom stereocenters. The number of nitrogens with one attached hydrogen (secondary N) is 1. The Morgan fingerprint density at radius 2 is 1.96 bits per heavy atom. The van der Waals surface area contributed by atoms with E-state index >= 15 is 0 Å². The van der Waals surface area contributed by atoms with Gasteiger partial charge in [-0.15, -0.1) is 0 Å². The number of amides is 3. The number of anilines is 1. The summed E-state index contributed by atoms with van der Waals surface area (Å²) in [6, 6.07) is 12.9. The van der Waals surface area contributed by atoms with Gasteiger partial charge in [-0.05, 0) is 47.6 Å². The quantitative estimate of drug-likeness (QED) is 0.718. The summed E-state index contributed by atoms with van der Waals surface area (Å²) >= 11 is 0. The highest BCUT2D eigenvalue weighted by atomic mass is 16.2. The van der Waals surface area contributed by atoms with E-state index < -0.39 is 11.9 Å². The zero-order valence-electron chi connectivity index (χ0n) is 15.0. The third-order valence-electron chi connectivity index (χ3n) is 5.46. The molecule has 28 heavy (non-hydrogen) atoms. The van der Waals surface area contributed by atoms with E-state index in [1.165, 1.54) is 0 Å². The van der Waals surface area contributed by atoms with Crippen LogP contribution < -0.4 is 10.2 Å². The number of hydrogen-bond donors (Lipinski definition) is 1. The lowest BCUT2D eigenvalue weighted by molar-refractivity contribution is -0.134. The molecule has 1 atom stereocenters. The van der Waals surface area contributed by atoms with E-state index in [1.807, 2.05) is 42.6 Å². The van der Waals surface area contributed by atoms with Crippen LogP contribution in [0.25, 0.3) is 10.8 Å². The van der Waals surface area contributed by atoms with Gasteiger partial charge in [-0.2, -0.15) is 0 Å². The molecule has 0 bridgehead atoms. The molecule has 0 aliphatic carbocycles. The second-order valence-electron chi connectivity index (χ2n) is 7.15. The highest BCUT2D eigenvalue weighted by Gasteiger charge is 2.40. The maximum atomic E-state index is 13.1. The Bertz CT molecular complexity index is 1140. The van der Waals surface area contributed by atoms with E-state index in [4.69, 9.17) is 0 Å². The van der Waals surface area contributed by atoms with E-state index in [0.29, 0.717) is 18.4 Å². The molecule has 0 saturated carbocycles. The van der Waals surface area contributed by atoms with Crippen LogP contribution in [0.3, 0.4) is 0 Å². The molecule has 3 heterocycles. The van der Waals surface area contributed by atoms with Gasteiger partial charge < -0.3 is 0 Å². The van der Waals surface area contributed by atoms with Gasteiger partial charge >= 0.3 is 0 Å². The molecule has 3 aromatic rings. The minimum Gasteiger partial charge on any atom is -0.295 e. The maximum absolute atomic E-state index is 13.1. The minimum atomic E-state index is -0.662. The molecule has 0 spiro atoms. The number of imide groups is 1. The molecule has 1 N–H and O–H groups in total. The van der Waals surface area contributed by atoms with Gasteiger partial charge in [0.15, 0.2) is 0 Å². The zero-order chi connectivity index (χ0) is 19.3. The first-order valence-corrected chi connectivity index (χ1v) is 9.24. The van der Waals surface area contributed by atoms with Gasteiger partial charge in [0.25, 0.3) is 5.91 Å². The van der Waals surface area contributed by atoms with Crippen LogP contribution in [0.1, 0.15) is 34.3 Å². The van der Waals surface area contributed by atoms with Gasteiger partial charge in [0.1, 0.15) is 6.04 Å². The average molecular weight is 371 g/mol. The standard InChI is InChI=1S/C22H17N3O3/c26-19-9-8-18(21(27)24-19)25-17-7-6-14(11-13-3-2-10-23-12-13)15-4-1-5-16(20(15)17)22(25)28/h1-7,10,12,18H,8-9,11H2,(H,24,26,27). The number of hydrogen-bond acceptors (Lipinski definition) is 4. The summed E-state index contributed by atoms with van der Waals surface area (Å²) in [6.45, 7) is 0. The normalized spacial score (nSPS) is 18.6. The predicted molar refractivity (Wildman–Crippen MR) is 104 cm³/mol. The number of benzene rings is 2. The summed E-state index contributed by atoms with van der Waals surface area (Å²) in [6.07, 6.45) is 4.86. The Kier molecular flexibility index (Phi) is 3.72. The van der Waals surface area contributed by atoms with Crippen molar-refractivity contribution in [1.29, 1.82) is 0 Å². The second kappa shape index (κ2) is 6.27. The fraction of sp³-hybridized carbons (Fsp3) is 0.182. The fourth-order valence-electron chi connectivity index (χ4n) is 4.18. The van der Waals surface area contributed by atoms with E-state index in [-0.39, 0.29) is 18.2 Å². The molecular weight excluding hydrogens is 354 g/mol. The molecule has 1 fully saturated rings. The second-order valence-corrected chi connectivity index (χ2v) is 7.15. The van der Waals surface area contributed by atoms with E-state index in [0.717, 1.165) is 27.6 Å². The first-order valence-electron chi connectivity index (χ1n) is 9.24. The minimum absolute atomic E-state index is 0.186. The van der Waals surface area contributed by atoms with Crippen LogP contribution in [-0.4, -0.2) is 28.7 Å². The van der Waals surface area contributed by atoms with Crippen molar-refractivity contribution in [2.24, 2.45) is 0 Å². The number of pyridine rings is 1. The van der Waals surface area contributed by atoms with Gasteiger partial charge in [-0.3, -0.25) is 29.6 Å². The average Bonchev–Trinajstić information content (AvgIpc) is 2.98. The molecular formula is C22H17N3O3. The fourth-order valence-corrected chi connectivity index (χ4v) is 4.18. The number of aromatic nitrogens is 1. The van der Waals surface area contributed by atoms with Crippen LogP contribution in [0.15, 0.2) is 54.9 Å². The Morgan fingerprint density at radius 3 is 2.75 bits per heavy atom. The van der Waals surface area contributed by atoms with Crippen molar-refractivity contribution in [2.45, 2.75) is 25.3 Å². The van der Waals surface area contributed by atoms with E-state index in [9.17, 15) is 14.4 Å². The Balaban J connectivity index is 1.61. The molecule has 6 nitrogen and oxygen atoms in total. The van der Waals surface area contributed by atoms with Crippen LogP contribution in [0.4, 0.5) is 5.69 Å². The smallest absolute Gasteiger partial charge is 0.259 e. The van der Waals surface area contributed by atoms with Crippen LogP contribution in [0.2, 0.25) is 0 Å². The van der Waals surface area contributed by atoms with Crippen LogP contribution in [-0.2, 0) is 16.0 Å². The number of rotatable bonds is 3. The molecule has 1 aromatic heterocycles. The van der Waals surface area contributed by atoms with Crippen LogP contribution in [0.5, 0.6) is 0 Å². The Morgan fingerprint density at radius 1 is 1.07 bits per heavy atom. The number of carbonyl (C=O) groups excluding carboxylic acids is 3. The van der Waals surface area contributed by atoms with Crippen molar-refractivity contribution < 1.29 is 14.4 Å². The topological polar surface area (TPSA) is 79.4 Å². The number of piperidine rings is 1. The van der Waals surface area contributed by atoms with Crippen LogP contribution >= 0.6 is 0 Å². The third kappa shape index (κ3) is 2.49. The van der Waals surface area contributed by atoms with Crippen molar-refractivity contribution in [3.05, 3.63) is 71.5 Å². The number of carbonyl (C=O) groups is 3. The number of nitrogens with zero attached hydrogens (tertiary/aromatic N) is 2. The Labute approximate surface area is 161 Å². The SMILES string of the molecule is O=C1CCC(N2C(=O)c3cccc4c(Cc5cccnc5)ccc2c34)C(=O)N1. The summed E-state index contributed by atoms with van der Waals surface area (Å²) in [4.78, 5) is 42.7. The van der Waals surface area contributed by atoms with E-state index in [2.05, 4.69) is 10.3 Å². The summed E-state index contributed by atoms with van der Waals surface area (Å²) in [7, 11) is 0. The predicted octanol–water partition coefficient (Wildman–Crippen LogP) is 2.59. The van der Waals surface area contributed by atoms with Crippen molar-refractivity contribution in [1.82, 2.24) is 10.3 Å². The molecule has 5 rings (SSSR count). The molecule has 2 aromatic carbocycles. The van der Waals surface area contributed by atoms with Gasteiger partial charge in [-0.1, -0.05) is 24.3 Å². The summed E-state index contributed by atoms with van der Waals surface area (Å²) in [5, 5.41) is 4.23. The van der Waals surface area contributed by atoms with Crippen molar-refractivity contribution >= 4 is 34.2 Å². The van der Waals surface area contributed by atoms with Gasteiger partial charge in [-0.25, -0.2) is 0 Å². The first kappa shape index (κ1) is 16.6. The molecule has 0 radical (unpaired) electrons. The summed E-state index contributed by atoms with van der Waals surface area (Å²) < 4.78 is 0. The van der Waals surface area contributed by atoms with E-state index in [1.54, 1.807) is 17.2 Å². The molecule has 2 aliphatic rings. The van der Waals surface area contributed by atoms with Gasteiger partial charge in [0.05, 0.1) is 5.69 Å². The Hall–Kier alpha value is -3.54. The van der Waals surface area contributed by atoms with Gasteiger partial charge in [0.2, 0.25) is 11.8 Å². The monoisotopic (exact) mass is 371 g/mol. The lowest BCUT2D eigenvalue weighted by Crippen LogP contribution is -2.53. The third-order valence-corrected chi connectivity index (χ3v) is 5.46. The molecule has 1 saturated heterocycles. The largest absolute Gasteiger partial charge is 0.295 e. The van der Waals surface area contributed by atoms with Crippen molar-refractivity contribution in [3.8, 4) is 0 Å². The lowest BCUT2D eigenvalue weighted by Gasteiger charge is -2.30.